The van der Waals surface area contributed by atoms with Crippen molar-refractivity contribution in [2.24, 2.45) is 4.99 Å². The van der Waals surface area contributed by atoms with Gasteiger partial charge in [0.1, 0.15) is 6.61 Å². The Labute approximate surface area is 233 Å². The molecule has 5 nitrogen and oxygen atoms in total. The maximum atomic E-state index is 13.7. The first-order valence-electron chi connectivity index (χ1n) is 12.7. The van der Waals surface area contributed by atoms with Crippen LogP contribution < -0.4 is 14.4 Å². The zero-order chi connectivity index (χ0) is 27.4. The summed E-state index contributed by atoms with van der Waals surface area (Å²) in [5, 5.41) is 0.625. The summed E-state index contributed by atoms with van der Waals surface area (Å²) in [6.45, 7) is 6.57. The number of thioether (sulfide) groups is 1. The minimum absolute atomic E-state index is 0.116. The van der Waals surface area contributed by atoms with Gasteiger partial charge in [-0.15, -0.1) is 0 Å². The topological polar surface area (TPSA) is 51.1 Å². The van der Waals surface area contributed by atoms with E-state index >= 15 is 0 Å². The van der Waals surface area contributed by atoms with Gasteiger partial charge in [-0.05, 0) is 85.1 Å². The van der Waals surface area contributed by atoms with Crippen LogP contribution >= 0.6 is 11.8 Å². The predicted molar refractivity (Wildman–Crippen MR) is 161 cm³/mol. The second kappa shape index (κ2) is 11.6. The number of carbonyl (C=O) groups excluding carboxylic acids is 1. The van der Waals surface area contributed by atoms with E-state index in [9.17, 15) is 4.79 Å². The Kier molecular flexibility index (Phi) is 7.84. The highest BCUT2D eigenvalue weighted by molar-refractivity contribution is 8.19. The number of amides is 1. The lowest BCUT2D eigenvalue weighted by Crippen LogP contribution is -2.28. The van der Waals surface area contributed by atoms with Gasteiger partial charge in [-0.1, -0.05) is 72.3 Å². The number of amidine groups is 1. The van der Waals surface area contributed by atoms with Crippen LogP contribution in [-0.2, 0) is 11.4 Å². The molecule has 6 heteroatoms. The highest BCUT2D eigenvalue weighted by Gasteiger charge is 2.35. The van der Waals surface area contributed by atoms with Gasteiger partial charge in [-0.25, -0.2) is 4.99 Å². The van der Waals surface area contributed by atoms with Crippen LogP contribution in [0.25, 0.3) is 6.08 Å². The highest BCUT2D eigenvalue weighted by atomic mass is 32.2. The van der Waals surface area contributed by atoms with Crippen molar-refractivity contribution in [3.8, 4) is 11.5 Å². The van der Waals surface area contributed by atoms with E-state index in [1.165, 1.54) is 17.3 Å². The van der Waals surface area contributed by atoms with E-state index in [1.807, 2.05) is 86.7 Å². The Morgan fingerprint density at radius 3 is 2.26 bits per heavy atom. The molecule has 0 N–H and O–H groups in total. The number of para-hydroxylation sites is 2. The molecule has 1 heterocycles. The molecular formula is C33H30N2O3S. The second-order valence-electron chi connectivity index (χ2n) is 9.41. The molecule has 0 bridgehead atoms. The summed E-state index contributed by atoms with van der Waals surface area (Å²) in [6.07, 6.45) is 1.88. The van der Waals surface area contributed by atoms with Gasteiger partial charge >= 0.3 is 0 Å². The maximum absolute atomic E-state index is 13.7. The number of hydrogen-bond acceptors (Lipinski definition) is 5. The fourth-order valence-electron chi connectivity index (χ4n) is 4.32. The van der Waals surface area contributed by atoms with Crippen molar-refractivity contribution >= 4 is 40.3 Å². The number of nitrogens with zero attached hydrogens (tertiary/aromatic N) is 2. The van der Waals surface area contributed by atoms with Crippen molar-refractivity contribution in [3.63, 3.8) is 0 Å². The molecule has 1 fully saturated rings. The fraction of sp³-hybridized carbons (Fsp3) is 0.152. The summed E-state index contributed by atoms with van der Waals surface area (Å²) in [4.78, 5) is 20.9. The van der Waals surface area contributed by atoms with Crippen LogP contribution in [0.2, 0.25) is 0 Å². The molecule has 0 aliphatic carbocycles. The van der Waals surface area contributed by atoms with Crippen LogP contribution in [0, 0.1) is 20.8 Å². The minimum atomic E-state index is -0.116. The van der Waals surface area contributed by atoms with Gasteiger partial charge < -0.3 is 9.47 Å². The number of hydrogen-bond donors (Lipinski definition) is 0. The minimum Gasteiger partial charge on any atom is -0.493 e. The monoisotopic (exact) mass is 534 g/mol. The molecule has 1 aliphatic rings. The Balaban J connectivity index is 1.45. The molecule has 4 aromatic rings. The molecule has 39 heavy (non-hydrogen) atoms. The molecule has 4 aromatic carbocycles. The Morgan fingerprint density at radius 2 is 1.56 bits per heavy atom. The largest absolute Gasteiger partial charge is 0.493 e. The second-order valence-corrected chi connectivity index (χ2v) is 10.4. The molecule has 1 aliphatic heterocycles. The average Bonchev–Trinajstić information content (AvgIpc) is 3.25. The van der Waals surface area contributed by atoms with E-state index in [1.54, 1.807) is 12.0 Å². The number of methoxy groups -OCH3 is 1. The first-order valence-corrected chi connectivity index (χ1v) is 13.5. The third-order valence-electron chi connectivity index (χ3n) is 6.47. The molecule has 1 saturated heterocycles. The first kappa shape index (κ1) is 26.3. The third kappa shape index (κ3) is 5.91. The molecule has 1 amide bonds. The van der Waals surface area contributed by atoms with Crippen LogP contribution in [0.15, 0.2) is 101 Å². The molecule has 0 unspecified atom stereocenters. The zero-order valence-corrected chi connectivity index (χ0v) is 23.3. The fourth-order valence-corrected chi connectivity index (χ4v) is 5.31. The summed E-state index contributed by atoms with van der Waals surface area (Å²) in [7, 11) is 1.62. The number of carbonyl (C=O) groups is 1. The molecule has 0 radical (unpaired) electrons. The van der Waals surface area contributed by atoms with E-state index in [4.69, 9.17) is 14.5 Å². The Morgan fingerprint density at radius 1 is 0.846 bits per heavy atom. The lowest BCUT2D eigenvalue weighted by Gasteiger charge is -2.16. The molecule has 0 saturated carbocycles. The summed E-state index contributed by atoms with van der Waals surface area (Å²) >= 11 is 1.37. The van der Waals surface area contributed by atoms with Crippen LogP contribution in [0.1, 0.15) is 27.8 Å². The Bertz CT molecular complexity index is 1540. The van der Waals surface area contributed by atoms with Gasteiger partial charge in [0.05, 0.1) is 23.4 Å². The van der Waals surface area contributed by atoms with E-state index in [-0.39, 0.29) is 5.91 Å². The van der Waals surface area contributed by atoms with E-state index < -0.39 is 0 Å². The van der Waals surface area contributed by atoms with Gasteiger partial charge in [0.2, 0.25) is 0 Å². The van der Waals surface area contributed by atoms with E-state index in [2.05, 4.69) is 31.2 Å². The van der Waals surface area contributed by atoms with Crippen molar-refractivity contribution in [3.05, 3.63) is 124 Å². The van der Waals surface area contributed by atoms with Crippen molar-refractivity contribution < 1.29 is 14.3 Å². The molecule has 0 aromatic heterocycles. The molecular weight excluding hydrogens is 504 g/mol. The van der Waals surface area contributed by atoms with Crippen molar-refractivity contribution in [2.45, 2.75) is 27.4 Å². The molecule has 0 spiro atoms. The van der Waals surface area contributed by atoms with Gasteiger partial charge in [0.25, 0.3) is 5.91 Å². The lowest BCUT2D eigenvalue weighted by molar-refractivity contribution is -0.113. The van der Waals surface area contributed by atoms with Gasteiger partial charge in [-0.3, -0.25) is 9.69 Å². The van der Waals surface area contributed by atoms with Gasteiger partial charge in [-0.2, -0.15) is 0 Å². The quantitative estimate of drug-likeness (QED) is 0.225. The average molecular weight is 535 g/mol. The third-order valence-corrected chi connectivity index (χ3v) is 7.44. The smallest absolute Gasteiger partial charge is 0.271 e. The number of benzene rings is 4. The van der Waals surface area contributed by atoms with Crippen molar-refractivity contribution in [1.29, 1.82) is 0 Å². The maximum Gasteiger partial charge on any atom is 0.271 e. The van der Waals surface area contributed by atoms with Crippen LogP contribution in [-0.4, -0.2) is 18.2 Å². The standard InChI is InChI=1S/C33H30N2O3S/c1-22-13-15-25(16-14-22)21-38-28-18-17-26(19-29(28)37-4)20-30-32(36)35(27-11-6-5-7-12-27)33(39-30)34-31-23(2)9-8-10-24(31)3/h5-20H,21H2,1-4H3/b30-20-,34-33?. The van der Waals surface area contributed by atoms with E-state index in [0.717, 1.165) is 33.6 Å². The summed E-state index contributed by atoms with van der Waals surface area (Å²) in [5.41, 5.74) is 6.91. The number of anilines is 1. The molecule has 196 valence electrons. The molecule has 0 atom stereocenters. The normalized spacial score (nSPS) is 15.3. The SMILES string of the molecule is COc1cc(/C=C2\SC(=Nc3c(C)cccc3C)N(c3ccccc3)C2=O)ccc1OCc1ccc(C)cc1. The Hall–Kier alpha value is -4.29. The van der Waals surface area contributed by atoms with Crippen LogP contribution in [0.3, 0.4) is 0 Å². The van der Waals surface area contributed by atoms with Crippen molar-refractivity contribution in [2.75, 3.05) is 12.0 Å². The number of aliphatic imine (C=N–C) groups is 1. The van der Waals surface area contributed by atoms with E-state index in [0.29, 0.717) is 28.2 Å². The number of aryl methyl sites for hydroxylation is 3. The summed E-state index contributed by atoms with van der Waals surface area (Å²) < 4.78 is 11.7. The van der Waals surface area contributed by atoms with Crippen molar-refractivity contribution in [1.82, 2.24) is 0 Å². The van der Waals surface area contributed by atoms with Gasteiger partial charge in [0.15, 0.2) is 16.7 Å². The lowest BCUT2D eigenvalue weighted by atomic mass is 10.1. The summed E-state index contributed by atoms with van der Waals surface area (Å²) in [5.74, 6) is 1.14. The number of ether oxygens (including phenoxy) is 2. The predicted octanol–water partition coefficient (Wildman–Crippen LogP) is 8.01. The first-order chi connectivity index (χ1) is 18.9. The van der Waals surface area contributed by atoms with Gasteiger partial charge in [0, 0.05) is 0 Å². The molecule has 5 rings (SSSR count). The number of rotatable bonds is 7. The summed E-state index contributed by atoms with van der Waals surface area (Å²) in [6, 6.07) is 29.7. The highest BCUT2D eigenvalue weighted by Crippen LogP contribution is 2.39. The van der Waals surface area contributed by atoms with Crippen LogP contribution in [0.4, 0.5) is 11.4 Å². The zero-order valence-electron chi connectivity index (χ0n) is 22.5. The van der Waals surface area contributed by atoms with Crippen LogP contribution in [0.5, 0.6) is 11.5 Å².